The summed E-state index contributed by atoms with van der Waals surface area (Å²) in [5.74, 6) is -0.711. The normalized spacial score (nSPS) is 12.0. The van der Waals surface area contributed by atoms with Gasteiger partial charge < -0.3 is 34.9 Å². The molecule has 0 radical (unpaired) electrons. The van der Waals surface area contributed by atoms with Crippen LogP contribution in [-0.4, -0.2) is 61.3 Å². The molecule has 0 fully saturated rings. The van der Waals surface area contributed by atoms with Crippen LogP contribution in [0.4, 0.5) is 10.5 Å². The lowest BCUT2D eigenvalue weighted by Crippen LogP contribution is -2.32. The van der Waals surface area contributed by atoms with E-state index in [1.54, 1.807) is 68.5 Å². The largest absolute Gasteiger partial charge is 0.493 e. The molecule has 3 N–H and O–H groups in total. The number of pyridine rings is 1. The zero-order valence-corrected chi connectivity index (χ0v) is 31.8. The van der Waals surface area contributed by atoms with Gasteiger partial charge in [-0.05, 0) is 92.6 Å². The highest BCUT2D eigenvalue weighted by molar-refractivity contribution is 7.13. The molecule has 5 rings (SSSR count). The van der Waals surface area contributed by atoms with Crippen LogP contribution in [0, 0.1) is 0 Å². The molecular formula is C40H46N4O8S. The monoisotopic (exact) mass is 742 g/mol. The molecule has 0 saturated carbocycles. The summed E-state index contributed by atoms with van der Waals surface area (Å²) < 4.78 is 22.8. The summed E-state index contributed by atoms with van der Waals surface area (Å²) in [5, 5.41) is 10.6. The highest BCUT2D eigenvalue weighted by atomic mass is 32.1. The van der Waals surface area contributed by atoms with Crippen LogP contribution in [0.25, 0.3) is 21.6 Å². The SMILES string of the molecule is CCCCOc1cc(CNC(=O)OC(C)(C)C)ccc1NC(=O)c1cc2c(cc1-c1ccc(C(=O)NCCC)nc1C(=O)OC)OCCc1ccsc1-2. The smallest absolute Gasteiger partial charge is 0.407 e. The molecule has 0 unspecified atom stereocenters. The van der Waals surface area contributed by atoms with Crippen LogP contribution in [0.1, 0.15) is 96.3 Å². The van der Waals surface area contributed by atoms with Crippen molar-refractivity contribution >= 4 is 40.9 Å². The third-order valence-corrected chi connectivity index (χ3v) is 9.19. The van der Waals surface area contributed by atoms with E-state index >= 15 is 0 Å². The van der Waals surface area contributed by atoms with Gasteiger partial charge in [-0.3, -0.25) is 9.59 Å². The van der Waals surface area contributed by atoms with Gasteiger partial charge in [0.15, 0.2) is 5.69 Å². The Balaban J connectivity index is 1.58. The number of carbonyl (C=O) groups excluding carboxylic acids is 4. The van der Waals surface area contributed by atoms with Gasteiger partial charge in [0.05, 0.1) is 26.0 Å². The number of nitrogens with one attached hydrogen (secondary N) is 3. The molecule has 13 heteroatoms. The van der Waals surface area contributed by atoms with E-state index in [4.69, 9.17) is 18.9 Å². The Hall–Kier alpha value is -5.43. The van der Waals surface area contributed by atoms with E-state index in [1.807, 2.05) is 18.4 Å². The minimum atomic E-state index is -0.768. The van der Waals surface area contributed by atoms with Crippen molar-refractivity contribution in [3.8, 4) is 33.1 Å². The molecule has 2 aromatic carbocycles. The summed E-state index contributed by atoms with van der Waals surface area (Å²) in [7, 11) is 1.23. The number of rotatable bonds is 13. The van der Waals surface area contributed by atoms with Crippen molar-refractivity contribution in [3.63, 3.8) is 0 Å². The Kier molecular flexibility index (Phi) is 12.7. The minimum absolute atomic E-state index is 0.0398. The summed E-state index contributed by atoms with van der Waals surface area (Å²) >= 11 is 1.55. The van der Waals surface area contributed by atoms with Crippen LogP contribution in [0.5, 0.6) is 11.5 Å². The lowest BCUT2D eigenvalue weighted by atomic mass is 9.93. The van der Waals surface area contributed by atoms with E-state index in [-0.39, 0.29) is 23.5 Å². The van der Waals surface area contributed by atoms with E-state index in [0.717, 1.165) is 40.8 Å². The predicted molar refractivity (Wildman–Crippen MR) is 204 cm³/mol. The van der Waals surface area contributed by atoms with Gasteiger partial charge in [0.25, 0.3) is 11.8 Å². The number of esters is 1. The zero-order valence-electron chi connectivity index (χ0n) is 31.0. The fourth-order valence-electron chi connectivity index (χ4n) is 5.62. The number of amides is 3. The number of unbranched alkanes of at least 4 members (excludes halogenated alkanes) is 1. The first kappa shape index (κ1) is 38.8. The molecule has 1 aliphatic rings. The van der Waals surface area contributed by atoms with Gasteiger partial charge in [-0.1, -0.05) is 26.3 Å². The highest BCUT2D eigenvalue weighted by Gasteiger charge is 2.27. The van der Waals surface area contributed by atoms with Crippen LogP contribution in [0.2, 0.25) is 0 Å². The molecule has 0 atom stereocenters. The number of aromatic nitrogens is 1. The summed E-state index contributed by atoms with van der Waals surface area (Å²) in [6.07, 6.45) is 2.57. The lowest BCUT2D eigenvalue weighted by Gasteiger charge is -2.20. The van der Waals surface area contributed by atoms with Gasteiger partial charge >= 0.3 is 12.1 Å². The van der Waals surface area contributed by atoms with Gasteiger partial charge in [-0.15, -0.1) is 11.3 Å². The molecule has 53 heavy (non-hydrogen) atoms. The Morgan fingerprint density at radius 2 is 1.74 bits per heavy atom. The molecule has 3 heterocycles. The van der Waals surface area contributed by atoms with Gasteiger partial charge in [0, 0.05) is 46.6 Å². The number of hydrogen-bond donors (Lipinski definition) is 3. The van der Waals surface area contributed by atoms with Crippen molar-refractivity contribution in [3.05, 3.63) is 82.0 Å². The Morgan fingerprint density at radius 3 is 2.47 bits per heavy atom. The third kappa shape index (κ3) is 9.72. The molecule has 3 amide bonds. The summed E-state index contributed by atoms with van der Waals surface area (Å²) in [4.78, 5) is 58.3. The van der Waals surface area contributed by atoms with Gasteiger partial charge in [0.1, 0.15) is 22.8 Å². The maximum absolute atomic E-state index is 14.5. The third-order valence-electron chi connectivity index (χ3n) is 8.20. The van der Waals surface area contributed by atoms with E-state index in [9.17, 15) is 19.2 Å². The van der Waals surface area contributed by atoms with Crippen LogP contribution in [-0.2, 0) is 22.4 Å². The highest BCUT2D eigenvalue weighted by Crippen LogP contribution is 2.43. The number of methoxy groups -OCH3 is 1. The number of ether oxygens (including phenoxy) is 4. The van der Waals surface area contributed by atoms with Crippen molar-refractivity contribution in [2.45, 2.75) is 72.4 Å². The number of nitrogens with zero attached hydrogens (tertiary/aromatic N) is 1. The van der Waals surface area contributed by atoms with Crippen molar-refractivity contribution in [2.24, 2.45) is 0 Å². The molecule has 0 bridgehead atoms. The minimum Gasteiger partial charge on any atom is -0.493 e. The molecule has 0 aliphatic carbocycles. The number of anilines is 1. The molecule has 0 spiro atoms. The van der Waals surface area contributed by atoms with Crippen molar-refractivity contribution in [1.29, 1.82) is 0 Å². The number of carbonyl (C=O) groups is 4. The number of alkyl carbamates (subject to hydrolysis) is 1. The van der Waals surface area contributed by atoms with Gasteiger partial charge in [-0.2, -0.15) is 0 Å². The van der Waals surface area contributed by atoms with Gasteiger partial charge in [0.2, 0.25) is 0 Å². The zero-order chi connectivity index (χ0) is 38.1. The first-order chi connectivity index (χ1) is 25.4. The van der Waals surface area contributed by atoms with E-state index in [1.165, 1.54) is 13.2 Å². The second-order valence-corrected chi connectivity index (χ2v) is 14.4. The number of benzene rings is 2. The Morgan fingerprint density at radius 1 is 0.925 bits per heavy atom. The Labute approximate surface area is 313 Å². The maximum Gasteiger partial charge on any atom is 0.407 e. The van der Waals surface area contributed by atoms with Gasteiger partial charge in [-0.25, -0.2) is 14.6 Å². The fourth-order valence-corrected chi connectivity index (χ4v) is 6.59. The average Bonchev–Trinajstić information content (AvgIpc) is 3.53. The van der Waals surface area contributed by atoms with Crippen molar-refractivity contribution in [2.75, 3.05) is 32.2 Å². The first-order valence-corrected chi connectivity index (χ1v) is 18.6. The fraction of sp³-hybridized carbons (Fsp3) is 0.375. The van der Waals surface area contributed by atoms with Crippen LogP contribution < -0.4 is 25.4 Å². The Bertz CT molecular complexity index is 1980. The number of fused-ring (bicyclic) bond motifs is 3. The first-order valence-electron chi connectivity index (χ1n) is 17.7. The van der Waals surface area contributed by atoms with E-state index < -0.39 is 29.5 Å². The molecular weight excluding hydrogens is 697 g/mol. The topological polar surface area (TPSA) is 154 Å². The summed E-state index contributed by atoms with van der Waals surface area (Å²) in [6, 6.07) is 13.9. The van der Waals surface area contributed by atoms with E-state index in [0.29, 0.717) is 54.5 Å². The predicted octanol–water partition coefficient (Wildman–Crippen LogP) is 7.79. The maximum atomic E-state index is 14.5. The summed E-state index contributed by atoms with van der Waals surface area (Å²) in [6.45, 7) is 10.8. The summed E-state index contributed by atoms with van der Waals surface area (Å²) in [5.41, 5.74) is 3.17. The molecule has 0 saturated heterocycles. The second kappa shape index (κ2) is 17.4. The van der Waals surface area contributed by atoms with Crippen LogP contribution >= 0.6 is 11.3 Å². The molecule has 2 aromatic heterocycles. The molecule has 4 aromatic rings. The quantitative estimate of drug-likeness (QED) is 0.0920. The second-order valence-electron chi connectivity index (χ2n) is 13.4. The van der Waals surface area contributed by atoms with E-state index in [2.05, 4.69) is 27.9 Å². The average molecular weight is 743 g/mol. The lowest BCUT2D eigenvalue weighted by molar-refractivity contribution is 0.0521. The molecule has 280 valence electrons. The van der Waals surface area contributed by atoms with Crippen molar-refractivity contribution in [1.82, 2.24) is 15.6 Å². The van der Waals surface area contributed by atoms with Crippen LogP contribution in [0.3, 0.4) is 0 Å². The van der Waals surface area contributed by atoms with Crippen molar-refractivity contribution < 1.29 is 38.1 Å². The molecule has 1 aliphatic heterocycles. The standard InChI is InChI=1S/C40H46N4O8S/c1-7-9-17-50-33-20-24(23-42-39(48)52-40(3,4)5)10-12-30(33)44-36(45)28-21-29-32(51-18-14-25-15-19-53-35(25)29)22-27(28)26-11-13-31(37(46)41-16-8-2)43-34(26)38(47)49-6/h10-13,15,19-22H,7-9,14,16-18,23H2,1-6H3,(H,41,46)(H,42,48)(H,44,45). The molecule has 12 nitrogen and oxygen atoms in total. The number of hydrogen-bond acceptors (Lipinski definition) is 10. The van der Waals surface area contributed by atoms with Crippen LogP contribution in [0.15, 0.2) is 53.9 Å². The number of thiophene rings is 1.